The molecule has 2 aromatic rings. The van der Waals surface area contributed by atoms with Crippen molar-refractivity contribution in [3.8, 4) is 17.2 Å². The van der Waals surface area contributed by atoms with Crippen molar-refractivity contribution in [1.82, 2.24) is 0 Å². The lowest BCUT2D eigenvalue weighted by Crippen LogP contribution is -2.09. The number of anilines is 1. The first-order valence-corrected chi connectivity index (χ1v) is 7.75. The molecule has 0 radical (unpaired) electrons. The smallest absolute Gasteiger partial charge is 0.416 e. The molecule has 144 valence electrons. The third-order valence-corrected chi connectivity index (χ3v) is 3.63. The van der Waals surface area contributed by atoms with Crippen LogP contribution >= 0.6 is 0 Å². The largest absolute Gasteiger partial charge is 0.493 e. The molecule has 0 aliphatic carbocycles. The molecule has 1 N–H and O–H groups in total. The van der Waals surface area contributed by atoms with Crippen LogP contribution in [0.1, 0.15) is 11.1 Å². The molecule has 0 spiro atoms. The molecule has 1 amide bonds. The van der Waals surface area contributed by atoms with Gasteiger partial charge in [0.1, 0.15) is 0 Å². The van der Waals surface area contributed by atoms with Crippen LogP contribution in [-0.2, 0) is 11.0 Å². The van der Waals surface area contributed by atoms with Crippen molar-refractivity contribution < 1.29 is 32.2 Å². The number of ether oxygens (including phenoxy) is 3. The van der Waals surface area contributed by atoms with Crippen LogP contribution in [-0.4, -0.2) is 27.2 Å². The lowest BCUT2D eigenvalue weighted by molar-refractivity contribution is -0.137. The summed E-state index contributed by atoms with van der Waals surface area (Å²) >= 11 is 0. The number of rotatable bonds is 6. The minimum Gasteiger partial charge on any atom is -0.493 e. The summed E-state index contributed by atoms with van der Waals surface area (Å²) in [4.78, 5) is 12.0. The monoisotopic (exact) mass is 381 g/mol. The second-order valence-electron chi connectivity index (χ2n) is 5.32. The van der Waals surface area contributed by atoms with Gasteiger partial charge in [0.05, 0.1) is 26.9 Å². The molecule has 0 unspecified atom stereocenters. The van der Waals surface area contributed by atoms with Gasteiger partial charge in [-0.25, -0.2) is 0 Å². The topological polar surface area (TPSA) is 56.8 Å². The van der Waals surface area contributed by atoms with Gasteiger partial charge < -0.3 is 19.5 Å². The minimum atomic E-state index is -4.42. The minimum absolute atomic E-state index is 0.247. The van der Waals surface area contributed by atoms with E-state index in [-0.39, 0.29) is 5.69 Å². The fourth-order valence-electron chi connectivity index (χ4n) is 2.35. The Labute approximate surface area is 154 Å². The highest BCUT2D eigenvalue weighted by molar-refractivity contribution is 6.02. The van der Waals surface area contributed by atoms with E-state index in [2.05, 4.69) is 5.32 Å². The maximum absolute atomic E-state index is 12.5. The predicted octanol–water partition coefficient (Wildman–Crippen LogP) is 4.38. The zero-order chi connectivity index (χ0) is 20.0. The summed E-state index contributed by atoms with van der Waals surface area (Å²) in [6.07, 6.45) is -1.69. The van der Waals surface area contributed by atoms with Crippen LogP contribution in [0.4, 0.5) is 18.9 Å². The van der Waals surface area contributed by atoms with Gasteiger partial charge in [0.2, 0.25) is 11.7 Å². The van der Waals surface area contributed by atoms with E-state index in [1.54, 1.807) is 12.1 Å². The van der Waals surface area contributed by atoms with Crippen LogP contribution < -0.4 is 19.5 Å². The van der Waals surface area contributed by atoms with E-state index in [0.29, 0.717) is 22.8 Å². The van der Waals surface area contributed by atoms with Gasteiger partial charge >= 0.3 is 6.18 Å². The lowest BCUT2D eigenvalue weighted by atomic mass is 10.1. The highest BCUT2D eigenvalue weighted by Gasteiger charge is 2.29. The van der Waals surface area contributed by atoms with Gasteiger partial charge in [-0.2, -0.15) is 13.2 Å². The second-order valence-corrected chi connectivity index (χ2v) is 5.32. The Morgan fingerprint density at radius 3 is 2.07 bits per heavy atom. The van der Waals surface area contributed by atoms with Gasteiger partial charge in [-0.1, -0.05) is 0 Å². The van der Waals surface area contributed by atoms with Crippen LogP contribution in [0.15, 0.2) is 42.5 Å². The van der Waals surface area contributed by atoms with Gasteiger partial charge in [0, 0.05) is 17.3 Å². The lowest BCUT2D eigenvalue weighted by Gasteiger charge is -2.14. The van der Waals surface area contributed by atoms with Crippen LogP contribution in [0.25, 0.3) is 6.08 Å². The van der Waals surface area contributed by atoms with Crippen molar-refractivity contribution >= 4 is 17.7 Å². The second kappa shape index (κ2) is 8.48. The summed E-state index contributed by atoms with van der Waals surface area (Å²) < 4.78 is 53.4. The summed E-state index contributed by atoms with van der Waals surface area (Å²) in [5.74, 6) is 0.730. The molecule has 0 heterocycles. The van der Waals surface area contributed by atoms with Gasteiger partial charge in [-0.3, -0.25) is 4.79 Å². The number of carbonyl (C=O) groups is 1. The number of halogens is 3. The van der Waals surface area contributed by atoms with E-state index in [1.807, 2.05) is 0 Å². The van der Waals surface area contributed by atoms with Crippen LogP contribution in [0, 0.1) is 0 Å². The number of alkyl halides is 3. The quantitative estimate of drug-likeness (QED) is 0.755. The van der Waals surface area contributed by atoms with Crippen molar-refractivity contribution in [2.45, 2.75) is 6.18 Å². The summed E-state index contributed by atoms with van der Waals surface area (Å²) in [6.45, 7) is 0. The van der Waals surface area contributed by atoms with E-state index in [1.165, 1.54) is 45.6 Å². The molecule has 0 fully saturated rings. The summed E-state index contributed by atoms with van der Waals surface area (Å²) in [5, 5.41) is 2.49. The first-order chi connectivity index (χ1) is 12.8. The molecule has 0 saturated carbocycles. The van der Waals surface area contributed by atoms with Gasteiger partial charge in [0.25, 0.3) is 0 Å². The molecule has 5 nitrogen and oxygen atoms in total. The Morgan fingerprint density at radius 2 is 1.56 bits per heavy atom. The highest BCUT2D eigenvalue weighted by Crippen LogP contribution is 2.40. The average molecular weight is 381 g/mol. The van der Waals surface area contributed by atoms with Gasteiger partial charge in [-0.05, 0) is 42.5 Å². The number of methoxy groups -OCH3 is 3. The van der Waals surface area contributed by atoms with Crippen molar-refractivity contribution in [3.05, 3.63) is 53.6 Å². The van der Waals surface area contributed by atoms with E-state index >= 15 is 0 Å². The first-order valence-electron chi connectivity index (χ1n) is 7.75. The average Bonchev–Trinajstić information content (AvgIpc) is 2.65. The standard InChI is InChI=1S/C19H18F3NO4/c1-25-15-10-4-12(17(26-2)18(15)27-3)5-11-16(24)23-14-8-6-13(7-9-14)19(20,21)22/h4-11H,1-3H3,(H,23,24)/b11-5+. The zero-order valence-electron chi connectivity index (χ0n) is 14.9. The van der Waals surface area contributed by atoms with E-state index in [9.17, 15) is 18.0 Å². The maximum Gasteiger partial charge on any atom is 0.416 e. The number of hydrogen-bond donors (Lipinski definition) is 1. The molecule has 0 atom stereocenters. The van der Waals surface area contributed by atoms with Crippen molar-refractivity contribution in [2.24, 2.45) is 0 Å². The summed E-state index contributed by atoms with van der Waals surface area (Å²) in [7, 11) is 4.41. The fourth-order valence-corrected chi connectivity index (χ4v) is 2.35. The number of benzene rings is 2. The fraction of sp³-hybridized carbons (Fsp3) is 0.211. The predicted molar refractivity (Wildman–Crippen MR) is 95.2 cm³/mol. The van der Waals surface area contributed by atoms with Crippen LogP contribution in [0.5, 0.6) is 17.2 Å². The SMILES string of the molecule is COc1ccc(/C=C/C(=O)Nc2ccc(C(F)(F)F)cc2)c(OC)c1OC. The Morgan fingerprint density at radius 1 is 0.926 bits per heavy atom. The normalized spacial score (nSPS) is 11.3. The number of carbonyl (C=O) groups excluding carboxylic acids is 1. The molecule has 0 bridgehead atoms. The first kappa shape index (κ1) is 20.2. The molecular formula is C19H18F3NO4. The highest BCUT2D eigenvalue weighted by atomic mass is 19.4. The van der Waals surface area contributed by atoms with E-state index in [4.69, 9.17) is 14.2 Å². The number of amides is 1. The molecule has 0 aromatic heterocycles. The molecule has 2 aromatic carbocycles. The zero-order valence-corrected chi connectivity index (χ0v) is 14.9. The molecular weight excluding hydrogens is 363 g/mol. The maximum atomic E-state index is 12.5. The van der Waals surface area contributed by atoms with Crippen molar-refractivity contribution in [2.75, 3.05) is 26.6 Å². The molecule has 27 heavy (non-hydrogen) atoms. The van der Waals surface area contributed by atoms with Crippen LogP contribution in [0.2, 0.25) is 0 Å². The third-order valence-electron chi connectivity index (χ3n) is 3.63. The Balaban J connectivity index is 2.15. The van der Waals surface area contributed by atoms with E-state index < -0.39 is 17.6 Å². The summed E-state index contributed by atoms with van der Waals surface area (Å²) in [6, 6.07) is 7.52. The van der Waals surface area contributed by atoms with Gasteiger partial charge in [-0.15, -0.1) is 0 Å². The number of hydrogen-bond acceptors (Lipinski definition) is 4. The molecule has 0 aliphatic rings. The van der Waals surface area contributed by atoms with Crippen molar-refractivity contribution in [1.29, 1.82) is 0 Å². The number of nitrogens with one attached hydrogen (secondary N) is 1. The van der Waals surface area contributed by atoms with Crippen LogP contribution in [0.3, 0.4) is 0 Å². The van der Waals surface area contributed by atoms with Gasteiger partial charge in [0.15, 0.2) is 11.5 Å². The Hall–Kier alpha value is -3.16. The summed E-state index contributed by atoms with van der Waals surface area (Å²) in [5.41, 5.74) is 0.0285. The van der Waals surface area contributed by atoms with E-state index in [0.717, 1.165) is 12.1 Å². The molecule has 0 saturated heterocycles. The van der Waals surface area contributed by atoms with Crippen molar-refractivity contribution in [3.63, 3.8) is 0 Å². The Bertz CT molecular complexity index is 830. The molecule has 8 heteroatoms. The molecule has 2 rings (SSSR count). The molecule has 0 aliphatic heterocycles. The Kier molecular flexibility index (Phi) is 6.33. The third kappa shape index (κ3) is 4.93.